The number of hydrogen-bond acceptors (Lipinski definition) is 1. The Hall–Kier alpha value is -2.41. The summed E-state index contributed by atoms with van der Waals surface area (Å²) in [5.74, 6) is 0. The summed E-state index contributed by atoms with van der Waals surface area (Å²) in [5, 5.41) is 0. The molecule has 0 amide bonds. The van der Waals surface area contributed by atoms with E-state index in [9.17, 15) is 0 Å². The van der Waals surface area contributed by atoms with Crippen molar-refractivity contribution in [3.8, 4) is 0 Å². The van der Waals surface area contributed by atoms with Gasteiger partial charge >= 0.3 is 0 Å². The highest BCUT2D eigenvalue weighted by Gasteiger charge is 2.01. The molecule has 1 rings (SSSR count). The van der Waals surface area contributed by atoms with Crippen LogP contribution in [0.25, 0.3) is 0 Å². The predicted octanol–water partition coefficient (Wildman–Crippen LogP) is 8.33. The molecule has 0 radical (unpaired) electrons. The highest BCUT2D eigenvalue weighted by Crippen LogP contribution is 2.16. The van der Waals surface area contributed by atoms with E-state index in [1.54, 1.807) is 12.2 Å². The summed E-state index contributed by atoms with van der Waals surface area (Å²) >= 11 is 0. The van der Waals surface area contributed by atoms with Crippen LogP contribution in [-0.4, -0.2) is 5.71 Å². The van der Waals surface area contributed by atoms with E-state index < -0.39 is 0 Å². The van der Waals surface area contributed by atoms with Crippen LogP contribution in [0.3, 0.4) is 0 Å². The van der Waals surface area contributed by atoms with Crippen molar-refractivity contribution in [1.82, 2.24) is 0 Å². The third kappa shape index (κ3) is 12.9. The van der Waals surface area contributed by atoms with E-state index in [2.05, 4.69) is 25.3 Å². The molecule has 0 heterocycles. The Morgan fingerprint density at radius 2 is 1.42 bits per heavy atom. The number of nitrogens with zero attached hydrogens (tertiary/aromatic N) is 1. The van der Waals surface area contributed by atoms with E-state index in [0.29, 0.717) is 0 Å². The second-order valence-corrected chi connectivity index (χ2v) is 4.19. The first-order chi connectivity index (χ1) is 12.7. The fraction of sp³-hybridized carbons (Fsp3) is 0.320. The molecule has 0 aromatic heterocycles. The Balaban J connectivity index is -0.000000795. The maximum absolute atomic E-state index is 4.71. The van der Waals surface area contributed by atoms with Gasteiger partial charge in [0.1, 0.15) is 0 Å². The van der Waals surface area contributed by atoms with Crippen molar-refractivity contribution in [2.75, 3.05) is 0 Å². The second-order valence-electron chi connectivity index (χ2n) is 4.19. The Labute approximate surface area is 163 Å². The minimum atomic E-state index is 0.891. The van der Waals surface area contributed by atoms with E-state index in [1.807, 2.05) is 97.9 Å². The molecule has 0 N–H and O–H groups in total. The fourth-order valence-corrected chi connectivity index (χ4v) is 1.74. The van der Waals surface area contributed by atoms with Gasteiger partial charge in [0.05, 0.1) is 5.70 Å². The molecule has 0 unspecified atom stereocenters. The zero-order chi connectivity index (χ0) is 20.8. The molecule has 1 heteroatoms. The summed E-state index contributed by atoms with van der Waals surface area (Å²) in [6.45, 7) is 23.5. The third-order valence-electron chi connectivity index (χ3n) is 2.77. The fourth-order valence-electron chi connectivity index (χ4n) is 1.74. The Morgan fingerprint density at radius 3 is 1.85 bits per heavy atom. The molecule has 0 spiro atoms. The van der Waals surface area contributed by atoms with Gasteiger partial charge in [0.15, 0.2) is 0 Å². The van der Waals surface area contributed by atoms with Crippen molar-refractivity contribution in [2.45, 2.75) is 55.4 Å². The first kappa shape index (κ1) is 28.4. The number of rotatable bonds is 6. The normalized spacial score (nSPS) is 11.2. The first-order valence-electron chi connectivity index (χ1n) is 9.62. The number of hydrogen-bond donors (Lipinski definition) is 0. The van der Waals surface area contributed by atoms with Crippen LogP contribution in [0.2, 0.25) is 0 Å². The number of allylic oxidation sites excluding steroid dienone is 6. The summed E-state index contributed by atoms with van der Waals surface area (Å²) in [6.07, 6.45) is 11.3. The Kier molecular flexibility index (Phi) is 24.7. The maximum Gasteiger partial charge on any atom is 0.0701 e. The molecule has 0 bridgehead atoms. The molecule has 0 aliphatic heterocycles. The lowest BCUT2D eigenvalue weighted by atomic mass is 10.1. The molecule has 1 aromatic rings. The molecular weight excluding hydrogens is 314 g/mol. The molecule has 0 aliphatic carbocycles. The molecule has 144 valence electrons. The van der Waals surface area contributed by atoms with Crippen molar-refractivity contribution in [3.05, 3.63) is 96.8 Å². The zero-order valence-electron chi connectivity index (χ0n) is 18.2. The Bertz CT molecular complexity index is 569. The Morgan fingerprint density at radius 1 is 0.885 bits per heavy atom. The highest BCUT2D eigenvalue weighted by molar-refractivity contribution is 5.99. The van der Waals surface area contributed by atoms with Gasteiger partial charge in [0, 0.05) is 5.71 Å². The monoisotopic (exact) mass is 353 g/mol. The molecule has 0 atom stereocenters. The van der Waals surface area contributed by atoms with Gasteiger partial charge in [-0.2, -0.15) is 0 Å². The quantitative estimate of drug-likeness (QED) is 0.360. The van der Waals surface area contributed by atoms with E-state index in [1.165, 1.54) is 0 Å². The van der Waals surface area contributed by atoms with E-state index in [-0.39, 0.29) is 0 Å². The molecule has 0 aliphatic rings. The van der Waals surface area contributed by atoms with Crippen molar-refractivity contribution in [2.24, 2.45) is 4.99 Å². The van der Waals surface area contributed by atoms with Gasteiger partial charge in [-0.15, -0.1) is 0 Å². The lowest BCUT2D eigenvalue weighted by molar-refractivity contribution is 1.31. The highest BCUT2D eigenvalue weighted by atomic mass is 14.8. The minimum Gasteiger partial charge on any atom is -0.253 e. The summed E-state index contributed by atoms with van der Waals surface area (Å²) in [6, 6.07) is 10.1. The average molecular weight is 354 g/mol. The van der Waals surface area contributed by atoms with Gasteiger partial charge in [0.2, 0.25) is 0 Å². The van der Waals surface area contributed by atoms with E-state index >= 15 is 0 Å². The SMILES string of the molecule is C=C\C=C/C(=C\C)C(=C/C=C)/N=C(C)c1ccccc1.CC.CC.CC. The van der Waals surface area contributed by atoms with Crippen molar-refractivity contribution >= 4 is 5.71 Å². The summed E-state index contributed by atoms with van der Waals surface area (Å²) in [7, 11) is 0. The molecule has 0 saturated heterocycles. The molecule has 1 nitrogen and oxygen atoms in total. The molecule has 0 saturated carbocycles. The van der Waals surface area contributed by atoms with Crippen LogP contribution < -0.4 is 0 Å². The number of benzene rings is 1. The summed E-state index contributed by atoms with van der Waals surface area (Å²) in [4.78, 5) is 4.71. The predicted molar refractivity (Wildman–Crippen MR) is 124 cm³/mol. The molecule has 26 heavy (non-hydrogen) atoms. The summed E-state index contributed by atoms with van der Waals surface area (Å²) in [5.41, 5.74) is 4.03. The van der Waals surface area contributed by atoms with E-state index in [0.717, 1.165) is 22.5 Å². The maximum atomic E-state index is 4.71. The zero-order valence-corrected chi connectivity index (χ0v) is 18.2. The molecule has 0 fully saturated rings. The van der Waals surface area contributed by atoms with Crippen LogP contribution >= 0.6 is 0 Å². The van der Waals surface area contributed by atoms with Crippen molar-refractivity contribution in [3.63, 3.8) is 0 Å². The smallest absolute Gasteiger partial charge is 0.0701 e. The molecule has 1 aromatic carbocycles. The topological polar surface area (TPSA) is 12.4 Å². The van der Waals surface area contributed by atoms with Crippen LogP contribution in [0, 0.1) is 0 Å². The first-order valence-corrected chi connectivity index (χ1v) is 9.62. The van der Waals surface area contributed by atoms with Crippen LogP contribution in [0.4, 0.5) is 0 Å². The van der Waals surface area contributed by atoms with Crippen molar-refractivity contribution in [1.29, 1.82) is 0 Å². The summed E-state index contributed by atoms with van der Waals surface area (Å²) < 4.78 is 0. The van der Waals surface area contributed by atoms with Crippen molar-refractivity contribution < 1.29 is 0 Å². The number of aliphatic imine (C=N–C) groups is 1. The van der Waals surface area contributed by atoms with Gasteiger partial charge in [-0.05, 0) is 31.1 Å². The van der Waals surface area contributed by atoms with Gasteiger partial charge in [0.25, 0.3) is 0 Å². The average Bonchev–Trinajstić information content (AvgIpc) is 2.73. The van der Waals surface area contributed by atoms with Crippen LogP contribution in [-0.2, 0) is 0 Å². The second kappa shape index (κ2) is 22.6. The largest absolute Gasteiger partial charge is 0.253 e. The van der Waals surface area contributed by atoms with Crippen LogP contribution in [0.5, 0.6) is 0 Å². The van der Waals surface area contributed by atoms with Gasteiger partial charge in [-0.1, -0.05) is 115 Å². The van der Waals surface area contributed by atoms with Gasteiger partial charge < -0.3 is 0 Å². The lowest BCUT2D eigenvalue weighted by Crippen LogP contribution is -1.96. The van der Waals surface area contributed by atoms with Crippen LogP contribution in [0.15, 0.2) is 96.2 Å². The molecular formula is C25H39N. The lowest BCUT2D eigenvalue weighted by Gasteiger charge is -2.06. The van der Waals surface area contributed by atoms with Crippen LogP contribution in [0.1, 0.15) is 61.0 Å². The van der Waals surface area contributed by atoms with Gasteiger partial charge in [-0.3, -0.25) is 4.99 Å². The third-order valence-corrected chi connectivity index (χ3v) is 2.77. The van der Waals surface area contributed by atoms with E-state index in [4.69, 9.17) is 4.99 Å². The standard InChI is InChI=1S/C19H21N.3C2H6/c1-5-8-13-17(7-3)19(12-6-2)20-16(4)18-14-10-9-11-15-18;3*1-2/h5-15H,1-2H2,3-4H3;3*1-2H3/b13-8-,17-7+,19-12-,20-16?;;;. The van der Waals surface area contributed by atoms with Gasteiger partial charge in [-0.25, -0.2) is 0 Å². The minimum absolute atomic E-state index is 0.891.